The van der Waals surface area contributed by atoms with E-state index in [9.17, 15) is 18.0 Å². The molecule has 7 nitrogen and oxygen atoms in total. The normalized spacial score (nSPS) is 11.0. The number of hydrogen-bond donors (Lipinski definition) is 2. The summed E-state index contributed by atoms with van der Waals surface area (Å²) < 4.78 is 27.4. The van der Waals surface area contributed by atoms with Crippen molar-refractivity contribution < 1.29 is 23.1 Å². The van der Waals surface area contributed by atoms with Crippen LogP contribution >= 0.6 is 22.6 Å². The minimum Gasteiger partial charge on any atom is -0.480 e. The van der Waals surface area contributed by atoms with Crippen molar-refractivity contribution in [3.05, 3.63) is 52.1 Å². The summed E-state index contributed by atoms with van der Waals surface area (Å²) in [4.78, 5) is 22.1. The van der Waals surface area contributed by atoms with Gasteiger partial charge in [0.05, 0.1) is 10.6 Å². The van der Waals surface area contributed by atoms with Gasteiger partial charge in [0.25, 0.3) is 10.0 Å². The van der Waals surface area contributed by atoms with Crippen LogP contribution in [0.4, 0.5) is 11.4 Å². The third-order valence-corrected chi connectivity index (χ3v) is 5.66. The average Bonchev–Trinajstić information content (AvgIpc) is 2.53. The molecule has 0 aromatic heterocycles. The Morgan fingerprint density at radius 3 is 2.12 bits per heavy atom. The number of benzene rings is 2. The van der Waals surface area contributed by atoms with Crippen LogP contribution in [-0.2, 0) is 19.6 Å². The van der Waals surface area contributed by atoms with Crippen molar-refractivity contribution in [1.29, 1.82) is 0 Å². The smallest absolute Gasteiger partial charge is 0.324 e. The molecule has 0 radical (unpaired) electrons. The number of carboxylic acid groups (broad SMARTS) is 1. The van der Waals surface area contributed by atoms with Crippen molar-refractivity contribution in [2.24, 2.45) is 0 Å². The molecule has 132 valence electrons. The van der Waals surface area contributed by atoms with Gasteiger partial charge in [0.2, 0.25) is 5.91 Å². The maximum absolute atomic E-state index is 12.9. The van der Waals surface area contributed by atoms with Crippen LogP contribution in [0, 0.1) is 3.57 Å². The molecule has 2 aromatic rings. The Hall–Kier alpha value is -2.14. The van der Waals surface area contributed by atoms with Gasteiger partial charge in [-0.1, -0.05) is 0 Å². The third kappa shape index (κ3) is 4.92. The zero-order valence-corrected chi connectivity index (χ0v) is 16.1. The van der Waals surface area contributed by atoms with E-state index in [4.69, 9.17) is 5.11 Å². The summed E-state index contributed by atoms with van der Waals surface area (Å²) in [5.41, 5.74) is 0.708. The predicted molar refractivity (Wildman–Crippen MR) is 102 cm³/mol. The van der Waals surface area contributed by atoms with Crippen molar-refractivity contribution in [2.45, 2.75) is 11.8 Å². The number of hydrogen-bond acceptors (Lipinski definition) is 4. The molecule has 2 N–H and O–H groups in total. The van der Waals surface area contributed by atoms with E-state index in [1.807, 2.05) is 0 Å². The molecule has 2 aromatic carbocycles. The van der Waals surface area contributed by atoms with E-state index in [1.54, 1.807) is 24.3 Å². The number of aliphatic carboxylic acids is 1. The number of anilines is 2. The van der Waals surface area contributed by atoms with Gasteiger partial charge in [-0.3, -0.25) is 13.9 Å². The molecule has 0 saturated heterocycles. The molecule has 0 saturated carbocycles. The number of carboxylic acids is 1. The fourth-order valence-corrected chi connectivity index (χ4v) is 3.86. The molecule has 25 heavy (non-hydrogen) atoms. The van der Waals surface area contributed by atoms with Crippen LogP contribution in [0.2, 0.25) is 0 Å². The molecule has 0 unspecified atom stereocenters. The summed E-state index contributed by atoms with van der Waals surface area (Å²) in [7, 11) is -4.07. The first-order chi connectivity index (χ1) is 11.7. The Bertz CT molecular complexity index is 880. The molecule has 2 rings (SSSR count). The van der Waals surface area contributed by atoms with E-state index < -0.39 is 22.5 Å². The predicted octanol–water partition coefficient (Wildman–Crippen LogP) is 2.53. The highest BCUT2D eigenvalue weighted by molar-refractivity contribution is 14.1. The molecule has 0 spiro atoms. The third-order valence-electron chi connectivity index (χ3n) is 3.16. The van der Waals surface area contributed by atoms with Gasteiger partial charge in [-0.25, -0.2) is 8.42 Å². The van der Waals surface area contributed by atoms with Crippen LogP contribution in [0.1, 0.15) is 6.92 Å². The average molecular weight is 474 g/mol. The first kappa shape index (κ1) is 19.2. The summed E-state index contributed by atoms with van der Waals surface area (Å²) >= 11 is 2.07. The van der Waals surface area contributed by atoms with Crippen molar-refractivity contribution in [3.8, 4) is 0 Å². The maximum Gasteiger partial charge on any atom is 0.324 e. The second kappa shape index (κ2) is 7.83. The van der Waals surface area contributed by atoms with Gasteiger partial charge < -0.3 is 10.4 Å². The first-order valence-corrected chi connectivity index (χ1v) is 9.60. The number of sulfonamides is 1. The highest BCUT2D eigenvalue weighted by Crippen LogP contribution is 2.25. The van der Waals surface area contributed by atoms with Crippen LogP contribution in [0.3, 0.4) is 0 Å². The molecule has 0 heterocycles. The van der Waals surface area contributed by atoms with Crippen LogP contribution in [0.25, 0.3) is 0 Å². The minimum atomic E-state index is -4.07. The summed E-state index contributed by atoms with van der Waals surface area (Å²) in [5, 5.41) is 11.6. The first-order valence-electron chi connectivity index (χ1n) is 7.08. The molecule has 0 aliphatic heterocycles. The number of halogens is 1. The van der Waals surface area contributed by atoms with Gasteiger partial charge in [0.15, 0.2) is 0 Å². The van der Waals surface area contributed by atoms with Crippen LogP contribution in [0.15, 0.2) is 53.4 Å². The molecule has 0 aliphatic carbocycles. The fourth-order valence-electron chi connectivity index (χ4n) is 2.09. The summed E-state index contributed by atoms with van der Waals surface area (Å²) in [6, 6.07) is 12.0. The Morgan fingerprint density at radius 1 is 1.08 bits per heavy atom. The highest BCUT2D eigenvalue weighted by Gasteiger charge is 2.27. The molecular formula is C16H15IN2O5S. The van der Waals surface area contributed by atoms with Gasteiger partial charge in [-0.15, -0.1) is 0 Å². The number of amides is 1. The van der Waals surface area contributed by atoms with Crippen LogP contribution < -0.4 is 9.62 Å². The van der Waals surface area contributed by atoms with Gasteiger partial charge >= 0.3 is 5.97 Å². The number of nitrogens with one attached hydrogen (secondary N) is 1. The molecule has 1 amide bonds. The lowest BCUT2D eigenvalue weighted by atomic mass is 10.3. The standard InChI is InChI=1S/C16H15IN2O5S/c1-11(20)18-13-4-8-15(9-5-13)25(23,24)19(10-16(21)22)14-6-2-12(17)3-7-14/h2-9H,10H2,1H3,(H,18,20)(H,21,22). The number of nitrogens with zero attached hydrogens (tertiary/aromatic N) is 1. The summed E-state index contributed by atoms with van der Waals surface area (Å²) in [6.45, 7) is 0.645. The maximum atomic E-state index is 12.9. The Kier molecular flexibility index (Phi) is 6.01. The van der Waals surface area contributed by atoms with E-state index in [2.05, 4.69) is 27.9 Å². The summed E-state index contributed by atoms with van der Waals surface area (Å²) in [5.74, 6) is -1.54. The van der Waals surface area contributed by atoms with Crippen molar-refractivity contribution in [3.63, 3.8) is 0 Å². The van der Waals surface area contributed by atoms with Crippen LogP contribution in [-0.4, -0.2) is 31.9 Å². The van der Waals surface area contributed by atoms with Crippen molar-refractivity contribution in [2.75, 3.05) is 16.2 Å². The molecule has 9 heteroatoms. The number of carbonyl (C=O) groups is 2. The Morgan fingerprint density at radius 2 is 1.64 bits per heavy atom. The minimum absolute atomic E-state index is 0.0681. The second-order valence-corrected chi connectivity index (χ2v) is 8.20. The monoisotopic (exact) mass is 474 g/mol. The summed E-state index contributed by atoms with van der Waals surface area (Å²) in [6.07, 6.45) is 0. The zero-order chi connectivity index (χ0) is 18.6. The van der Waals surface area contributed by atoms with E-state index in [1.165, 1.54) is 31.2 Å². The lowest BCUT2D eigenvalue weighted by Gasteiger charge is -2.23. The second-order valence-electron chi connectivity index (χ2n) is 5.09. The van der Waals surface area contributed by atoms with E-state index in [0.717, 1.165) is 7.88 Å². The van der Waals surface area contributed by atoms with E-state index in [0.29, 0.717) is 5.69 Å². The lowest BCUT2D eigenvalue weighted by molar-refractivity contribution is -0.135. The molecule has 0 fully saturated rings. The Labute approximate surface area is 158 Å². The zero-order valence-electron chi connectivity index (χ0n) is 13.1. The van der Waals surface area contributed by atoms with Crippen molar-refractivity contribution >= 4 is 55.9 Å². The molecule has 0 bridgehead atoms. The van der Waals surface area contributed by atoms with Gasteiger partial charge in [0.1, 0.15) is 6.54 Å². The van der Waals surface area contributed by atoms with E-state index >= 15 is 0 Å². The molecule has 0 aliphatic rings. The van der Waals surface area contributed by atoms with Crippen molar-refractivity contribution in [1.82, 2.24) is 0 Å². The van der Waals surface area contributed by atoms with Gasteiger partial charge in [0, 0.05) is 16.2 Å². The quantitative estimate of drug-likeness (QED) is 0.627. The highest BCUT2D eigenvalue weighted by atomic mass is 127. The molecule has 0 atom stereocenters. The SMILES string of the molecule is CC(=O)Nc1ccc(S(=O)(=O)N(CC(=O)O)c2ccc(I)cc2)cc1. The fraction of sp³-hybridized carbons (Fsp3) is 0.125. The van der Waals surface area contributed by atoms with Gasteiger partial charge in [-0.2, -0.15) is 0 Å². The van der Waals surface area contributed by atoms with Crippen LogP contribution in [0.5, 0.6) is 0 Å². The van der Waals surface area contributed by atoms with Gasteiger partial charge in [-0.05, 0) is 71.1 Å². The Balaban J connectivity index is 2.42. The lowest BCUT2D eigenvalue weighted by Crippen LogP contribution is -2.35. The molecular weight excluding hydrogens is 459 g/mol. The largest absolute Gasteiger partial charge is 0.480 e. The van der Waals surface area contributed by atoms with E-state index in [-0.39, 0.29) is 16.5 Å². The topological polar surface area (TPSA) is 104 Å². The number of rotatable bonds is 6. The number of carbonyl (C=O) groups excluding carboxylic acids is 1.